The lowest BCUT2D eigenvalue weighted by molar-refractivity contribution is 0.399. The quantitative estimate of drug-likeness (QED) is 0.742. The maximum atomic E-state index is 5.78. The van der Waals surface area contributed by atoms with E-state index in [0.29, 0.717) is 11.4 Å². The van der Waals surface area contributed by atoms with Gasteiger partial charge in [-0.3, -0.25) is 4.98 Å². The van der Waals surface area contributed by atoms with Crippen LogP contribution in [-0.4, -0.2) is 30.5 Å². The van der Waals surface area contributed by atoms with Gasteiger partial charge in [0.25, 0.3) is 0 Å². The van der Waals surface area contributed by atoms with Gasteiger partial charge in [0.2, 0.25) is 0 Å². The molecule has 4 nitrogen and oxygen atoms in total. The highest BCUT2D eigenvalue weighted by molar-refractivity contribution is 5.52. The fourth-order valence-corrected chi connectivity index (χ4v) is 1.30. The number of nitrogen functional groups attached to an aromatic ring is 2. The van der Waals surface area contributed by atoms with Crippen molar-refractivity contribution in [3.05, 3.63) is 18.0 Å². The van der Waals surface area contributed by atoms with Crippen molar-refractivity contribution >= 4 is 11.4 Å². The largest absolute Gasteiger partial charge is 0.397 e. The minimum absolute atomic E-state index is 0.624. The first-order valence-corrected chi connectivity index (χ1v) is 4.74. The molecule has 0 bridgehead atoms. The second kappa shape index (κ2) is 4.81. The van der Waals surface area contributed by atoms with Crippen molar-refractivity contribution in [3.8, 4) is 0 Å². The van der Waals surface area contributed by atoms with Gasteiger partial charge in [0.15, 0.2) is 0 Å². The van der Waals surface area contributed by atoms with Crippen LogP contribution in [0.2, 0.25) is 0 Å². The van der Waals surface area contributed by atoms with Crippen LogP contribution in [0, 0.1) is 0 Å². The van der Waals surface area contributed by atoms with Gasteiger partial charge in [-0.15, -0.1) is 0 Å². The van der Waals surface area contributed by atoms with Crippen molar-refractivity contribution in [1.82, 2.24) is 9.88 Å². The van der Waals surface area contributed by atoms with E-state index in [4.69, 9.17) is 11.5 Å². The van der Waals surface area contributed by atoms with Crippen molar-refractivity contribution in [3.63, 3.8) is 0 Å². The molecular formula is C10H18N4. The highest BCUT2D eigenvalue weighted by Crippen LogP contribution is 2.13. The number of nitrogens with two attached hydrogens (primary N) is 2. The molecular weight excluding hydrogens is 176 g/mol. The SMILES string of the molecule is CN(C)CCCc1ncc(N)cc1N. The zero-order valence-electron chi connectivity index (χ0n) is 8.83. The minimum Gasteiger partial charge on any atom is -0.397 e. The standard InChI is InChI=1S/C10H18N4/c1-14(2)5-3-4-10-9(12)6-8(11)7-13-10/h6-7H,3-5,11-12H2,1-2H3. The average molecular weight is 194 g/mol. The molecule has 0 saturated carbocycles. The van der Waals surface area contributed by atoms with E-state index in [0.717, 1.165) is 25.1 Å². The lowest BCUT2D eigenvalue weighted by atomic mass is 10.2. The number of nitrogens with zero attached hydrogens (tertiary/aromatic N) is 2. The van der Waals surface area contributed by atoms with Crippen LogP contribution in [-0.2, 0) is 6.42 Å². The van der Waals surface area contributed by atoms with Crippen LogP contribution < -0.4 is 11.5 Å². The summed E-state index contributed by atoms with van der Waals surface area (Å²) in [4.78, 5) is 6.35. The van der Waals surface area contributed by atoms with E-state index in [2.05, 4.69) is 24.0 Å². The number of rotatable bonds is 4. The van der Waals surface area contributed by atoms with E-state index in [1.54, 1.807) is 12.3 Å². The molecule has 0 aliphatic rings. The van der Waals surface area contributed by atoms with Gasteiger partial charge in [-0.1, -0.05) is 0 Å². The molecule has 0 aliphatic heterocycles. The van der Waals surface area contributed by atoms with Gasteiger partial charge in [0, 0.05) is 0 Å². The van der Waals surface area contributed by atoms with Gasteiger partial charge < -0.3 is 16.4 Å². The Kier molecular flexibility index (Phi) is 3.71. The second-order valence-corrected chi connectivity index (χ2v) is 3.71. The van der Waals surface area contributed by atoms with Crippen molar-refractivity contribution in [2.45, 2.75) is 12.8 Å². The molecule has 0 spiro atoms. The molecule has 4 heteroatoms. The third kappa shape index (κ3) is 3.22. The number of pyridine rings is 1. The molecule has 0 aromatic carbocycles. The van der Waals surface area contributed by atoms with Crippen molar-refractivity contribution in [2.24, 2.45) is 0 Å². The number of aromatic nitrogens is 1. The van der Waals surface area contributed by atoms with Gasteiger partial charge >= 0.3 is 0 Å². The van der Waals surface area contributed by atoms with Gasteiger partial charge in [-0.25, -0.2) is 0 Å². The Labute approximate surface area is 84.9 Å². The van der Waals surface area contributed by atoms with Crippen LogP contribution in [0.5, 0.6) is 0 Å². The topological polar surface area (TPSA) is 68.2 Å². The van der Waals surface area contributed by atoms with Crippen molar-refractivity contribution < 1.29 is 0 Å². The Bertz CT molecular complexity index is 296. The fourth-order valence-electron chi connectivity index (χ4n) is 1.30. The molecule has 1 heterocycles. The van der Waals surface area contributed by atoms with E-state index < -0.39 is 0 Å². The van der Waals surface area contributed by atoms with Crippen LogP contribution in [0.1, 0.15) is 12.1 Å². The smallest absolute Gasteiger partial charge is 0.0634 e. The summed E-state index contributed by atoms with van der Waals surface area (Å²) in [7, 11) is 4.11. The molecule has 0 aliphatic carbocycles. The van der Waals surface area contributed by atoms with Crippen molar-refractivity contribution in [2.75, 3.05) is 32.1 Å². The third-order valence-electron chi connectivity index (χ3n) is 2.04. The first-order chi connectivity index (χ1) is 6.59. The highest BCUT2D eigenvalue weighted by atomic mass is 15.0. The molecule has 1 aromatic heterocycles. The zero-order valence-corrected chi connectivity index (χ0v) is 8.83. The molecule has 1 aromatic rings. The molecule has 0 fully saturated rings. The normalized spacial score (nSPS) is 10.8. The zero-order chi connectivity index (χ0) is 10.6. The molecule has 1 rings (SSSR count). The molecule has 4 N–H and O–H groups in total. The van der Waals surface area contributed by atoms with Gasteiger partial charge in [-0.2, -0.15) is 0 Å². The summed E-state index contributed by atoms with van der Waals surface area (Å²) in [5.74, 6) is 0. The Morgan fingerprint density at radius 3 is 2.64 bits per heavy atom. The first kappa shape index (κ1) is 10.8. The molecule has 0 unspecified atom stereocenters. The summed E-state index contributed by atoms with van der Waals surface area (Å²) >= 11 is 0. The molecule has 78 valence electrons. The lowest BCUT2D eigenvalue weighted by Crippen LogP contribution is -2.14. The number of hydrogen-bond donors (Lipinski definition) is 2. The highest BCUT2D eigenvalue weighted by Gasteiger charge is 2.01. The van der Waals surface area contributed by atoms with Crippen LogP contribution in [0.4, 0.5) is 11.4 Å². The van der Waals surface area contributed by atoms with E-state index in [1.165, 1.54) is 0 Å². The number of hydrogen-bond acceptors (Lipinski definition) is 4. The van der Waals surface area contributed by atoms with Gasteiger partial charge in [0.05, 0.1) is 23.3 Å². The number of aryl methyl sites for hydroxylation is 1. The summed E-state index contributed by atoms with van der Waals surface area (Å²) in [5.41, 5.74) is 13.6. The molecule has 0 atom stereocenters. The fraction of sp³-hybridized carbons (Fsp3) is 0.500. The van der Waals surface area contributed by atoms with Crippen LogP contribution in [0.3, 0.4) is 0 Å². The Morgan fingerprint density at radius 1 is 1.36 bits per heavy atom. The van der Waals surface area contributed by atoms with Crippen LogP contribution >= 0.6 is 0 Å². The Balaban J connectivity index is 2.51. The first-order valence-electron chi connectivity index (χ1n) is 4.74. The molecule has 0 amide bonds. The molecule has 14 heavy (non-hydrogen) atoms. The second-order valence-electron chi connectivity index (χ2n) is 3.71. The summed E-state index contributed by atoms with van der Waals surface area (Å²) in [5, 5.41) is 0. The average Bonchev–Trinajstić information content (AvgIpc) is 2.08. The molecule has 0 saturated heterocycles. The van der Waals surface area contributed by atoms with E-state index in [-0.39, 0.29) is 0 Å². The number of anilines is 2. The summed E-state index contributed by atoms with van der Waals surface area (Å²) in [6.07, 6.45) is 3.62. The van der Waals surface area contributed by atoms with Crippen LogP contribution in [0.25, 0.3) is 0 Å². The minimum atomic E-state index is 0.624. The summed E-state index contributed by atoms with van der Waals surface area (Å²) < 4.78 is 0. The molecule has 0 radical (unpaired) electrons. The van der Waals surface area contributed by atoms with Crippen molar-refractivity contribution in [1.29, 1.82) is 0 Å². The maximum absolute atomic E-state index is 5.78. The van der Waals surface area contributed by atoms with Gasteiger partial charge in [0.1, 0.15) is 0 Å². The van der Waals surface area contributed by atoms with E-state index in [9.17, 15) is 0 Å². The monoisotopic (exact) mass is 194 g/mol. The summed E-state index contributed by atoms with van der Waals surface area (Å²) in [6.45, 7) is 1.05. The maximum Gasteiger partial charge on any atom is 0.0634 e. The predicted molar refractivity (Wildman–Crippen MR) is 59.9 cm³/mol. The summed E-state index contributed by atoms with van der Waals surface area (Å²) in [6, 6.07) is 1.76. The van der Waals surface area contributed by atoms with Crippen LogP contribution in [0.15, 0.2) is 12.3 Å². The predicted octanol–water partition coefficient (Wildman–Crippen LogP) is 0.740. The van der Waals surface area contributed by atoms with E-state index >= 15 is 0 Å². The van der Waals surface area contributed by atoms with E-state index in [1.807, 2.05) is 0 Å². The van der Waals surface area contributed by atoms with Gasteiger partial charge in [-0.05, 0) is 39.5 Å². The Hall–Kier alpha value is -1.29. The third-order valence-corrected chi connectivity index (χ3v) is 2.04. The Morgan fingerprint density at radius 2 is 2.07 bits per heavy atom. The lowest BCUT2D eigenvalue weighted by Gasteiger charge is -2.09.